The second-order valence-corrected chi connectivity index (χ2v) is 6.34. The molecular weight excluding hydrogens is 296 g/mol. The summed E-state index contributed by atoms with van der Waals surface area (Å²) in [5, 5.41) is 0. The van der Waals surface area contributed by atoms with Gasteiger partial charge in [-0.05, 0) is 25.1 Å². The van der Waals surface area contributed by atoms with Crippen LogP contribution in [-0.4, -0.2) is 13.4 Å². The van der Waals surface area contributed by atoms with Crippen molar-refractivity contribution in [1.82, 2.24) is 4.72 Å². The molecule has 0 aliphatic rings. The van der Waals surface area contributed by atoms with Gasteiger partial charge in [-0.25, -0.2) is 13.1 Å². The van der Waals surface area contributed by atoms with Crippen LogP contribution < -0.4 is 10.5 Å². The highest BCUT2D eigenvalue weighted by Gasteiger charge is 2.23. The molecule has 2 rings (SSSR count). The number of nitrogens with two attached hydrogens (primary N) is 1. The van der Waals surface area contributed by atoms with E-state index in [0.29, 0.717) is 11.3 Å². The number of furan rings is 1. The molecule has 0 saturated heterocycles. The van der Waals surface area contributed by atoms with E-state index in [4.69, 9.17) is 22.4 Å². The lowest BCUT2D eigenvalue weighted by Crippen LogP contribution is -2.28. The van der Waals surface area contributed by atoms with Crippen LogP contribution in [0.3, 0.4) is 0 Å². The summed E-state index contributed by atoms with van der Waals surface area (Å²) < 4.78 is 32.5. The highest BCUT2D eigenvalue weighted by atomic mass is 32.2. The van der Waals surface area contributed by atoms with Crippen LogP contribution in [0.2, 0.25) is 0 Å². The van der Waals surface area contributed by atoms with Gasteiger partial charge in [0.15, 0.2) is 0 Å². The molecule has 1 heterocycles. The number of nitrogens with one attached hydrogen (secondary N) is 1. The normalized spacial score (nSPS) is 13.1. The van der Waals surface area contributed by atoms with Crippen LogP contribution in [0, 0.1) is 0 Å². The van der Waals surface area contributed by atoms with Gasteiger partial charge in [0.1, 0.15) is 10.7 Å². The van der Waals surface area contributed by atoms with E-state index in [1.54, 1.807) is 37.3 Å². The molecular formula is C13H14N2O3S2. The molecule has 0 amide bonds. The fraction of sp³-hybridized carbons (Fsp3) is 0.154. The molecule has 0 spiro atoms. The average molecular weight is 310 g/mol. The fourth-order valence-corrected chi connectivity index (χ4v) is 3.47. The molecule has 3 N–H and O–H groups in total. The molecule has 1 unspecified atom stereocenters. The van der Waals surface area contributed by atoms with Gasteiger partial charge in [-0.15, -0.1) is 0 Å². The Balaban J connectivity index is 2.34. The summed E-state index contributed by atoms with van der Waals surface area (Å²) >= 11 is 4.88. The Morgan fingerprint density at radius 2 is 2.00 bits per heavy atom. The minimum absolute atomic E-state index is 0.0385. The predicted octanol–water partition coefficient (Wildman–Crippen LogP) is 1.95. The van der Waals surface area contributed by atoms with Crippen LogP contribution in [0.1, 0.15) is 24.3 Å². The minimum atomic E-state index is -3.74. The summed E-state index contributed by atoms with van der Waals surface area (Å²) in [7, 11) is -3.74. The van der Waals surface area contributed by atoms with Gasteiger partial charge in [0, 0.05) is 5.56 Å². The van der Waals surface area contributed by atoms with Gasteiger partial charge in [0.2, 0.25) is 10.0 Å². The SMILES string of the molecule is CC(NS(=O)(=O)c1ccccc1C(N)=S)c1ccco1. The van der Waals surface area contributed by atoms with E-state index in [0.717, 1.165) is 0 Å². The molecule has 1 aromatic heterocycles. The smallest absolute Gasteiger partial charge is 0.241 e. The van der Waals surface area contributed by atoms with E-state index >= 15 is 0 Å². The van der Waals surface area contributed by atoms with Crippen molar-refractivity contribution >= 4 is 27.2 Å². The fourth-order valence-electron chi connectivity index (χ4n) is 1.80. The van der Waals surface area contributed by atoms with E-state index in [1.807, 2.05) is 0 Å². The van der Waals surface area contributed by atoms with E-state index in [1.165, 1.54) is 12.3 Å². The lowest BCUT2D eigenvalue weighted by Gasteiger charge is -2.14. The highest BCUT2D eigenvalue weighted by molar-refractivity contribution is 7.89. The maximum absolute atomic E-state index is 12.4. The lowest BCUT2D eigenvalue weighted by atomic mass is 10.2. The first-order valence-electron chi connectivity index (χ1n) is 5.86. The molecule has 2 aromatic rings. The third-order valence-electron chi connectivity index (χ3n) is 2.74. The molecule has 1 aromatic carbocycles. The Hall–Kier alpha value is -1.70. The molecule has 0 bridgehead atoms. The van der Waals surface area contributed by atoms with Gasteiger partial charge < -0.3 is 10.2 Å². The topological polar surface area (TPSA) is 85.3 Å². The second kappa shape index (κ2) is 5.74. The zero-order valence-corrected chi connectivity index (χ0v) is 12.4. The van der Waals surface area contributed by atoms with Crippen molar-refractivity contribution in [2.75, 3.05) is 0 Å². The highest BCUT2D eigenvalue weighted by Crippen LogP contribution is 2.20. The number of benzene rings is 1. The Morgan fingerprint density at radius 1 is 1.30 bits per heavy atom. The van der Waals surface area contributed by atoms with Gasteiger partial charge in [-0.3, -0.25) is 0 Å². The largest absolute Gasteiger partial charge is 0.468 e. The van der Waals surface area contributed by atoms with Crippen LogP contribution in [0.25, 0.3) is 0 Å². The predicted molar refractivity (Wildman–Crippen MR) is 79.8 cm³/mol. The Morgan fingerprint density at radius 3 is 2.60 bits per heavy atom. The second-order valence-electron chi connectivity index (χ2n) is 4.22. The van der Waals surface area contributed by atoms with Gasteiger partial charge >= 0.3 is 0 Å². The lowest BCUT2D eigenvalue weighted by molar-refractivity contribution is 0.459. The molecule has 7 heteroatoms. The van der Waals surface area contributed by atoms with Crippen LogP contribution >= 0.6 is 12.2 Å². The standard InChI is InChI=1S/C13H14N2O3S2/c1-9(11-6-4-8-18-11)15-20(16,17)12-7-3-2-5-10(12)13(14)19/h2-9,15H,1H3,(H2,14,19). The van der Waals surface area contributed by atoms with Crippen molar-refractivity contribution in [3.8, 4) is 0 Å². The first-order valence-corrected chi connectivity index (χ1v) is 7.75. The summed E-state index contributed by atoms with van der Waals surface area (Å²) in [5.74, 6) is 0.529. The zero-order valence-electron chi connectivity index (χ0n) is 10.7. The summed E-state index contributed by atoms with van der Waals surface area (Å²) in [5.41, 5.74) is 5.88. The Kier molecular flexibility index (Phi) is 4.22. The third kappa shape index (κ3) is 3.06. The third-order valence-corrected chi connectivity index (χ3v) is 4.56. The van der Waals surface area contributed by atoms with Crippen LogP contribution in [0.4, 0.5) is 0 Å². The van der Waals surface area contributed by atoms with Gasteiger partial charge in [0.25, 0.3) is 0 Å². The van der Waals surface area contributed by atoms with E-state index < -0.39 is 16.1 Å². The number of sulfonamides is 1. The quantitative estimate of drug-likeness (QED) is 0.825. The maximum Gasteiger partial charge on any atom is 0.241 e. The number of hydrogen-bond donors (Lipinski definition) is 2. The van der Waals surface area contributed by atoms with Gasteiger partial charge in [0.05, 0.1) is 17.2 Å². The van der Waals surface area contributed by atoms with Gasteiger partial charge in [-0.1, -0.05) is 30.4 Å². The van der Waals surface area contributed by atoms with Crippen molar-refractivity contribution in [3.63, 3.8) is 0 Å². The molecule has 20 heavy (non-hydrogen) atoms. The van der Waals surface area contributed by atoms with Crippen LogP contribution in [0.15, 0.2) is 52.0 Å². The molecule has 0 fully saturated rings. The summed E-state index contributed by atoms with van der Waals surface area (Å²) in [6.45, 7) is 1.69. The summed E-state index contributed by atoms with van der Waals surface area (Å²) in [6.07, 6.45) is 1.49. The number of hydrogen-bond acceptors (Lipinski definition) is 4. The van der Waals surface area contributed by atoms with Crippen molar-refractivity contribution in [2.45, 2.75) is 17.9 Å². The molecule has 0 aliphatic heterocycles. The molecule has 0 saturated carbocycles. The minimum Gasteiger partial charge on any atom is -0.468 e. The zero-order chi connectivity index (χ0) is 14.8. The van der Waals surface area contributed by atoms with Gasteiger partial charge in [-0.2, -0.15) is 0 Å². The van der Waals surface area contributed by atoms with E-state index in [9.17, 15) is 8.42 Å². The van der Waals surface area contributed by atoms with Crippen molar-refractivity contribution in [2.24, 2.45) is 5.73 Å². The maximum atomic E-state index is 12.4. The first kappa shape index (κ1) is 14.7. The molecule has 0 radical (unpaired) electrons. The van der Waals surface area contributed by atoms with E-state index in [-0.39, 0.29) is 9.88 Å². The van der Waals surface area contributed by atoms with Crippen molar-refractivity contribution in [1.29, 1.82) is 0 Å². The van der Waals surface area contributed by atoms with E-state index in [2.05, 4.69) is 4.72 Å². The Bertz CT molecular complexity index is 709. The molecule has 5 nitrogen and oxygen atoms in total. The van der Waals surface area contributed by atoms with Crippen LogP contribution in [0.5, 0.6) is 0 Å². The van der Waals surface area contributed by atoms with Crippen molar-refractivity contribution < 1.29 is 12.8 Å². The first-order chi connectivity index (χ1) is 9.42. The summed E-state index contributed by atoms with van der Waals surface area (Å²) in [4.78, 5) is 0.0996. The van der Waals surface area contributed by atoms with Crippen molar-refractivity contribution in [3.05, 3.63) is 54.0 Å². The average Bonchev–Trinajstić information content (AvgIpc) is 2.92. The molecule has 1 atom stereocenters. The Labute approximate surface area is 122 Å². The number of rotatable bonds is 5. The number of thiocarbonyl (C=S) groups is 1. The van der Waals surface area contributed by atoms with Crippen LogP contribution in [-0.2, 0) is 10.0 Å². The molecule has 0 aliphatic carbocycles. The monoisotopic (exact) mass is 310 g/mol. The summed E-state index contributed by atoms with van der Waals surface area (Å²) in [6, 6.07) is 9.25. The molecule has 106 valence electrons.